The molecule has 5 nitrogen and oxygen atoms in total. The first-order chi connectivity index (χ1) is 11.6. The summed E-state index contributed by atoms with van der Waals surface area (Å²) < 4.78 is 4.99. The normalized spacial score (nSPS) is 16.5. The van der Waals surface area contributed by atoms with Crippen molar-refractivity contribution in [2.45, 2.75) is 13.0 Å². The molecule has 1 atom stereocenters. The number of ether oxygens (including phenoxy) is 1. The fourth-order valence-electron chi connectivity index (χ4n) is 2.52. The third-order valence-electron chi connectivity index (χ3n) is 3.67. The summed E-state index contributed by atoms with van der Waals surface area (Å²) in [5.41, 5.74) is 2.22. The Labute approximate surface area is 149 Å². The zero-order valence-electron chi connectivity index (χ0n) is 12.9. The predicted molar refractivity (Wildman–Crippen MR) is 93.8 cm³/mol. The number of esters is 1. The monoisotopic (exact) mass is 363 g/mol. The quantitative estimate of drug-likeness (QED) is 0.710. The van der Waals surface area contributed by atoms with Crippen LogP contribution in [-0.2, 0) is 4.74 Å². The van der Waals surface area contributed by atoms with Gasteiger partial charge in [-0.15, -0.1) is 0 Å². The molecule has 24 heavy (non-hydrogen) atoms. The molecule has 0 radical (unpaired) electrons. The summed E-state index contributed by atoms with van der Waals surface area (Å²) in [7, 11) is 0. The van der Waals surface area contributed by atoms with Crippen molar-refractivity contribution >= 4 is 34.9 Å². The van der Waals surface area contributed by atoms with Crippen molar-refractivity contribution < 1.29 is 9.53 Å². The minimum absolute atomic E-state index is 0.108. The third-order valence-corrected chi connectivity index (χ3v) is 4.24. The van der Waals surface area contributed by atoms with Crippen LogP contribution < -0.4 is 5.01 Å². The lowest BCUT2D eigenvalue weighted by Gasteiger charge is -2.23. The Morgan fingerprint density at radius 1 is 1.25 bits per heavy atom. The Morgan fingerprint density at radius 3 is 2.67 bits per heavy atom. The SMILES string of the molecule is CCOC(=O)c1ccc(N2N=NCC2c2ccc(Cl)cc2Cl)cc1. The van der Waals surface area contributed by atoms with Crippen LogP contribution in [0.5, 0.6) is 0 Å². The molecule has 2 aromatic carbocycles. The van der Waals surface area contributed by atoms with Gasteiger partial charge in [0.15, 0.2) is 0 Å². The molecule has 0 aliphatic carbocycles. The number of carbonyl (C=O) groups is 1. The van der Waals surface area contributed by atoms with E-state index in [-0.39, 0.29) is 12.0 Å². The fourth-order valence-corrected chi connectivity index (χ4v) is 3.05. The van der Waals surface area contributed by atoms with Crippen molar-refractivity contribution in [3.05, 3.63) is 63.6 Å². The molecule has 0 saturated carbocycles. The van der Waals surface area contributed by atoms with Gasteiger partial charge in [0, 0.05) is 10.0 Å². The molecule has 0 fully saturated rings. The molecule has 7 heteroatoms. The Hall–Kier alpha value is -2.11. The van der Waals surface area contributed by atoms with Crippen molar-refractivity contribution in [1.82, 2.24) is 0 Å². The molecule has 124 valence electrons. The Bertz CT molecular complexity index is 778. The first kappa shape index (κ1) is 16.7. The van der Waals surface area contributed by atoms with Crippen LogP contribution >= 0.6 is 23.2 Å². The summed E-state index contributed by atoms with van der Waals surface area (Å²) in [6, 6.07) is 12.3. The number of hydrogen-bond acceptors (Lipinski definition) is 5. The van der Waals surface area contributed by atoms with Gasteiger partial charge in [0.25, 0.3) is 0 Å². The molecule has 0 amide bonds. The number of rotatable bonds is 4. The average Bonchev–Trinajstić information content (AvgIpc) is 3.04. The van der Waals surface area contributed by atoms with E-state index in [1.165, 1.54) is 0 Å². The van der Waals surface area contributed by atoms with Crippen LogP contribution in [0.1, 0.15) is 28.9 Å². The predicted octanol–water partition coefficient (Wildman–Crippen LogP) is 5.10. The summed E-state index contributed by atoms with van der Waals surface area (Å²) in [6.45, 7) is 2.62. The second-order valence-corrected chi connectivity index (χ2v) is 6.05. The van der Waals surface area contributed by atoms with Crippen molar-refractivity contribution in [3.8, 4) is 0 Å². The fraction of sp³-hybridized carbons (Fsp3) is 0.235. The van der Waals surface area contributed by atoms with Gasteiger partial charge in [-0.25, -0.2) is 9.80 Å². The summed E-state index contributed by atoms with van der Waals surface area (Å²) in [4.78, 5) is 11.7. The van der Waals surface area contributed by atoms with E-state index in [4.69, 9.17) is 27.9 Å². The minimum atomic E-state index is -0.343. The van der Waals surface area contributed by atoms with E-state index in [1.54, 1.807) is 36.2 Å². The molecular formula is C17H15Cl2N3O2. The number of benzene rings is 2. The van der Waals surface area contributed by atoms with Crippen LogP contribution in [-0.4, -0.2) is 19.1 Å². The largest absolute Gasteiger partial charge is 0.462 e. The Kier molecular flexibility index (Phi) is 5.02. The molecule has 0 saturated heterocycles. The van der Waals surface area contributed by atoms with E-state index in [0.29, 0.717) is 28.8 Å². The van der Waals surface area contributed by atoms with Gasteiger partial charge in [-0.2, -0.15) is 5.11 Å². The zero-order valence-corrected chi connectivity index (χ0v) is 14.5. The lowest BCUT2D eigenvalue weighted by molar-refractivity contribution is 0.0526. The molecule has 1 unspecified atom stereocenters. The number of hydrogen-bond donors (Lipinski definition) is 0. The van der Waals surface area contributed by atoms with Gasteiger partial charge in [0.2, 0.25) is 0 Å². The van der Waals surface area contributed by atoms with E-state index in [9.17, 15) is 4.79 Å². The topological polar surface area (TPSA) is 54.3 Å². The van der Waals surface area contributed by atoms with Crippen molar-refractivity contribution in [1.29, 1.82) is 0 Å². The highest BCUT2D eigenvalue weighted by atomic mass is 35.5. The van der Waals surface area contributed by atoms with Crippen molar-refractivity contribution in [2.24, 2.45) is 10.3 Å². The van der Waals surface area contributed by atoms with E-state index < -0.39 is 0 Å². The molecular weight excluding hydrogens is 349 g/mol. The highest BCUT2D eigenvalue weighted by molar-refractivity contribution is 6.35. The van der Waals surface area contributed by atoms with Crippen molar-refractivity contribution in [2.75, 3.05) is 18.2 Å². The molecule has 1 aliphatic heterocycles. The van der Waals surface area contributed by atoms with Gasteiger partial charge < -0.3 is 4.74 Å². The third kappa shape index (κ3) is 3.37. The second kappa shape index (κ2) is 7.20. The number of anilines is 1. The summed E-state index contributed by atoms with van der Waals surface area (Å²) >= 11 is 12.3. The van der Waals surface area contributed by atoms with Gasteiger partial charge in [-0.3, -0.25) is 0 Å². The summed E-state index contributed by atoms with van der Waals surface area (Å²) in [5, 5.41) is 11.2. The van der Waals surface area contributed by atoms with E-state index >= 15 is 0 Å². The maximum atomic E-state index is 11.7. The summed E-state index contributed by atoms with van der Waals surface area (Å²) in [5.74, 6) is -0.343. The number of halogens is 2. The molecule has 0 N–H and O–H groups in total. The van der Waals surface area contributed by atoms with E-state index in [0.717, 1.165) is 11.3 Å². The molecule has 0 bridgehead atoms. The highest BCUT2D eigenvalue weighted by Crippen LogP contribution is 2.36. The first-order valence-corrected chi connectivity index (χ1v) is 8.24. The zero-order chi connectivity index (χ0) is 17.1. The van der Waals surface area contributed by atoms with E-state index in [1.807, 2.05) is 18.2 Å². The van der Waals surface area contributed by atoms with Gasteiger partial charge in [0.1, 0.15) is 6.04 Å². The molecule has 1 heterocycles. The van der Waals surface area contributed by atoms with Crippen LogP contribution in [0.25, 0.3) is 0 Å². The molecule has 1 aliphatic rings. The maximum absolute atomic E-state index is 11.7. The van der Waals surface area contributed by atoms with Gasteiger partial charge in [-0.05, 0) is 48.9 Å². The summed E-state index contributed by atoms with van der Waals surface area (Å²) in [6.07, 6.45) is 0. The Balaban J connectivity index is 1.85. The van der Waals surface area contributed by atoms with Crippen LogP contribution in [0.4, 0.5) is 5.69 Å². The molecule has 0 aromatic heterocycles. The van der Waals surface area contributed by atoms with Gasteiger partial charge in [0.05, 0.1) is 24.4 Å². The van der Waals surface area contributed by atoms with Crippen LogP contribution in [0.2, 0.25) is 10.0 Å². The highest BCUT2D eigenvalue weighted by Gasteiger charge is 2.27. The lowest BCUT2D eigenvalue weighted by atomic mass is 10.1. The van der Waals surface area contributed by atoms with Gasteiger partial charge in [-0.1, -0.05) is 34.5 Å². The van der Waals surface area contributed by atoms with Crippen LogP contribution in [0.3, 0.4) is 0 Å². The number of carbonyl (C=O) groups excluding carboxylic acids is 1. The van der Waals surface area contributed by atoms with Crippen molar-refractivity contribution in [3.63, 3.8) is 0 Å². The molecule has 0 spiro atoms. The average molecular weight is 364 g/mol. The standard InChI is InChI=1S/C17H15Cl2N3O2/c1-2-24-17(23)11-3-6-13(7-4-11)22-16(10-20-21-22)14-8-5-12(18)9-15(14)19/h3-9,16H,2,10H2,1H3. The maximum Gasteiger partial charge on any atom is 0.338 e. The number of nitrogens with zero attached hydrogens (tertiary/aromatic N) is 3. The van der Waals surface area contributed by atoms with Crippen LogP contribution in [0.15, 0.2) is 52.8 Å². The first-order valence-electron chi connectivity index (χ1n) is 7.49. The molecule has 3 rings (SSSR count). The lowest BCUT2D eigenvalue weighted by Crippen LogP contribution is -2.21. The van der Waals surface area contributed by atoms with Gasteiger partial charge >= 0.3 is 5.97 Å². The minimum Gasteiger partial charge on any atom is -0.462 e. The van der Waals surface area contributed by atoms with Crippen LogP contribution in [0, 0.1) is 0 Å². The smallest absolute Gasteiger partial charge is 0.338 e. The Morgan fingerprint density at radius 2 is 2.00 bits per heavy atom. The van der Waals surface area contributed by atoms with E-state index in [2.05, 4.69) is 10.3 Å². The molecule has 2 aromatic rings. The second-order valence-electron chi connectivity index (χ2n) is 5.21.